The summed E-state index contributed by atoms with van der Waals surface area (Å²) < 4.78 is 26.4. The fraction of sp³-hybridized carbons (Fsp3) is 0.417. The average molecular weight is 563 g/mol. The molecule has 0 fully saturated rings. The Balaban J connectivity index is 2.45. The third-order valence-corrected chi connectivity index (χ3v) is 7.58. The highest BCUT2D eigenvalue weighted by Gasteiger charge is 2.31. The minimum Gasteiger partial charge on any atom is -0.352 e. The number of benzene rings is 2. The van der Waals surface area contributed by atoms with Gasteiger partial charge in [0.1, 0.15) is 12.6 Å². The highest BCUT2D eigenvalue weighted by atomic mass is 35.5. The molecule has 0 bridgehead atoms. The summed E-state index contributed by atoms with van der Waals surface area (Å²) in [7, 11) is -3.84. The van der Waals surface area contributed by atoms with Crippen molar-refractivity contribution in [2.45, 2.75) is 52.7 Å². The van der Waals surface area contributed by atoms with Gasteiger partial charge in [-0.2, -0.15) is 0 Å². The van der Waals surface area contributed by atoms with E-state index >= 15 is 0 Å². The Bertz CT molecular complexity index is 1190. The van der Waals surface area contributed by atoms with Crippen LogP contribution in [0.1, 0.15) is 38.3 Å². The zero-order valence-electron chi connectivity index (χ0n) is 20.3. The summed E-state index contributed by atoms with van der Waals surface area (Å²) in [6.07, 6.45) is 1.74. The molecule has 11 heteroatoms. The van der Waals surface area contributed by atoms with Crippen LogP contribution in [0, 0.1) is 6.92 Å². The minimum atomic E-state index is -3.84. The van der Waals surface area contributed by atoms with Gasteiger partial charge in [-0.1, -0.05) is 47.8 Å². The maximum Gasteiger partial charge on any atom is 0.244 e. The molecule has 1 N–H and O–H groups in total. The lowest BCUT2D eigenvalue weighted by Crippen LogP contribution is -2.52. The first-order valence-electron chi connectivity index (χ1n) is 11.0. The maximum absolute atomic E-state index is 13.6. The molecule has 0 radical (unpaired) electrons. The molecule has 0 saturated heterocycles. The third-order valence-electron chi connectivity index (χ3n) is 5.63. The first kappa shape index (κ1) is 29.2. The topological polar surface area (TPSA) is 86.8 Å². The Hall–Kier alpha value is -2.00. The standard InChI is InChI=1S/C24H30Cl3N3O4S/c1-6-16(3)28-24(32)17(4)29(13-18-7-8-20(26)12-21(18)27)23(31)14-30(35(5,33)34)22-10-9-19(25)11-15(22)2/h7-12,16-17H,6,13-14H2,1-5H3,(H,28,32)/t16-,17-/m1/s1. The Labute approximate surface area is 222 Å². The van der Waals surface area contributed by atoms with Gasteiger partial charge in [0.2, 0.25) is 21.8 Å². The van der Waals surface area contributed by atoms with E-state index < -0.39 is 28.5 Å². The summed E-state index contributed by atoms with van der Waals surface area (Å²) in [6, 6.07) is 8.58. The van der Waals surface area contributed by atoms with Crippen LogP contribution in [0.15, 0.2) is 36.4 Å². The second-order valence-electron chi connectivity index (χ2n) is 8.45. The van der Waals surface area contributed by atoms with Crippen molar-refractivity contribution in [3.05, 3.63) is 62.6 Å². The number of hydrogen-bond acceptors (Lipinski definition) is 4. The van der Waals surface area contributed by atoms with E-state index in [1.807, 2.05) is 13.8 Å². The van der Waals surface area contributed by atoms with Crippen LogP contribution in [0.4, 0.5) is 5.69 Å². The van der Waals surface area contributed by atoms with Crippen LogP contribution in [0.25, 0.3) is 0 Å². The molecule has 0 spiro atoms. The lowest BCUT2D eigenvalue weighted by Gasteiger charge is -2.32. The summed E-state index contributed by atoms with van der Waals surface area (Å²) in [6.45, 7) is 6.58. The van der Waals surface area contributed by atoms with E-state index in [0.29, 0.717) is 38.3 Å². The molecule has 2 aromatic carbocycles. The number of amides is 2. The van der Waals surface area contributed by atoms with Crippen molar-refractivity contribution < 1.29 is 18.0 Å². The van der Waals surface area contributed by atoms with Gasteiger partial charge in [-0.05, 0) is 68.7 Å². The van der Waals surface area contributed by atoms with E-state index in [0.717, 1.165) is 10.6 Å². The Kier molecular flexibility index (Phi) is 10.3. The van der Waals surface area contributed by atoms with E-state index in [9.17, 15) is 18.0 Å². The van der Waals surface area contributed by atoms with Crippen LogP contribution < -0.4 is 9.62 Å². The second-order valence-corrected chi connectivity index (χ2v) is 11.6. The van der Waals surface area contributed by atoms with Crippen molar-refractivity contribution in [2.24, 2.45) is 0 Å². The summed E-state index contributed by atoms with van der Waals surface area (Å²) in [5.41, 5.74) is 1.48. The molecule has 2 amide bonds. The van der Waals surface area contributed by atoms with Crippen molar-refractivity contribution >= 4 is 62.3 Å². The zero-order chi connectivity index (χ0) is 26.5. The number of anilines is 1. The van der Waals surface area contributed by atoms with Gasteiger partial charge in [0.25, 0.3) is 0 Å². The quantitative estimate of drug-likeness (QED) is 0.439. The molecule has 35 heavy (non-hydrogen) atoms. The van der Waals surface area contributed by atoms with E-state index in [1.54, 1.807) is 50.2 Å². The van der Waals surface area contributed by atoms with Crippen molar-refractivity contribution in [1.82, 2.24) is 10.2 Å². The number of hydrogen-bond donors (Lipinski definition) is 1. The molecule has 0 aliphatic heterocycles. The van der Waals surface area contributed by atoms with Crippen LogP contribution in [-0.4, -0.2) is 50.0 Å². The molecule has 2 atom stereocenters. The smallest absolute Gasteiger partial charge is 0.244 e. The molecule has 0 unspecified atom stereocenters. The first-order chi connectivity index (χ1) is 16.2. The number of carbonyl (C=O) groups is 2. The van der Waals surface area contributed by atoms with Gasteiger partial charge in [-0.25, -0.2) is 8.42 Å². The molecule has 0 aliphatic carbocycles. The number of carbonyl (C=O) groups excluding carboxylic acids is 2. The van der Waals surface area contributed by atoms with Gasteiger partial charge in [-0.3, -0.25) is 13.9 Å². The Morgan fingerprint density at radius 2 is 1.63 bits per heavy atom. The highest BCUT2D eigenvalue weighted by Crippen LogP contribution is 2.27. The predicted molar refractivity (Wildman–Crippen MR) is 143 cm³/mol. The maximum atomic E-state index is 13.6. The predicted octanol–water partition coefficient (Wildman–Crippen LogP) is 5.05. The zero-order valence-corrected chi connectivity index (χ0v) is 23.4. The molecule has 7 nitrogen and oxygen atoms in total. The summed E-state index contributed by atoms with van der Waals surface area (Å²) >= 11 is 18.4. The monoisotopic (exact) mass is 561 g/mol. The lowest BCUT2D eigenvalue weighted by atomic mass is 10.1. The SMILES string of the molecule is CC[C@@H](C)NC(=O)[C@@H](C)N(Cc1ccc(Cl)cc1Cl)C(=O)CN(c1ccc(Cl)cc1C)S(C)(=O)=O. The Morgan fingerprint density at radius 1 is 1.03 bits per heavy atom. The van der Waals surface area contributed by atoms with Crippen molar-refractivity contribution in [1.29, 1.82) is 0 Å². The number of nitrogens with zero attached hydrogens (tertiary/aromatic N) is 2. The highest BCUT2D eigenvalue weighted by molar-refractivity contribution is 7.92. The van der Waals surface area contributed by atoms with E-state index in [-0.39, 0.29) is 18.5 Å². The molecular formula is C24H30Cl3N3O4S. The number of aryl methyl sites for hydroxylation is 1. The van der Waals surface area contributed by atoms with E-state index in [4.69, 9.17) is 34.8 Å². The Morgan fingerprint density at radius 3 is 2.17 bits per heavy atom. The summed E-state index contributed by atoms with van der Waals surface area (Å²) in [5.74, 6) is -0.922. The number of halogens is 3. The van der Waals surface area contributed by atoms with Gasteiger partial charge < -0.3 is 10.2 Å². The molecule has 0 aromatic heterocycles. The normalized spacial score (nSPS) is 13.1. The average Bonchev–Trinajstić information content (AvgIpc) is 2.76. The van der Waals surface area contributed by atoms with Crippen LogP contribution >= 0.6 is 34.8 Å². The van der Waals surface area contributed by atoms with Crippen molar-refractivity contribution in [3.63, 3.8) is 0 Å². The fourth-order valence-electron chi connectivity index (χ4n) is 3.38. The summed E-state index contributed by atoms with van der Waals surface area (Å²) in [5, 5.41) is 4.08. The van der Waals surface area contributed by atoms with E-state index in [1.165, 1.54) is 4.90 Å². The van der Waals surface area contributed by atoms with Gasteiger partial charge >= 0.3 is 0 Å². The van der Waals surface area contributed by atoms with Crippen LogP contribution in [-0.2, 0) is 26.2 Å². The van der Waals surface area contributed by atoms with Crippen molar-refractivity contribution in [3.8, 4) is 0 Å². The van der Waals surface area contributed by atoms with Gasteiger partial charge in [0.15, 0.2) is 0 Å². The van der Waals surface area contributed by atoms with Crippen LogP contribution in [0.5, 0.6) is 0 Å². The molecule has 0 heterocycles. The lowest BCUT2D eigenvalue weighted by molar-refractivity contribution is -0.139. The third kappa shape index (κ3) is 8.00. The molecule has 0 saturated carbocycles. The fourth-order valence-corrected chi connectivity index (χ4v) is 4.98. The van der Waals surface area contributed by atoms with Gasteiger partial charge in [0, 0.05) is 27.7 Å². The molecule has 2 aromatic rings. The van der Waals surface area contributed by atoms with Crippen molar-refractivity contribution in [2.75, 3.05) is 17.1 Å². The minimum absolute atomic E-state index is 0.0128. The second kappa shape index (κ2) is 12.3. The number of sulfonamides is 1. The van der Waals surface area contributed by atoms with Crippen LogP contribution in [0.2, 0.25) is 15.1 Å². The largest absolute Gasteiger partial charge is 0.352 e. The van der Waals surface area contributed by atoms with E-state index in [2.05, 4.69) is 5.32 Å². The molecule has 192 valence electrons. The number of rotatable bonds is 10. The van der Waals surface area contributed by atoms with Gasteiger partial charge in [0.05, 0.1) is 11.9 Å². The summed E-state index contributed by atoms with van der Waals surface area (Å²) in [4.78, 5) is 27.8. The van der Waals surface area contributed by atoms with Gasteiger partial charge in [-0.15, -0.1) is 0 Å². The molecule has 0 aliphatic rings. The molecule has 2 rings (SSSR count). The molecular weight excluding hydrogens is 533 g/mol. The van der Waals surface area contributed by atoms with Crippen LogP contribution in [0.3, 0.4) is 0 Å². The first-order valence-corrected chi connectivity index (χ1v) is 14.0. The number of nitrogens with one attached hydrogen (secondary N) is 1.